The molecule has 1 aliphatic heterocycles. The van der Waals surface area contributed by atoms with Crippen LogP contribution in [0.2, 0.25) is 0 Å². The molecule has 4 aromatic carbocycles. The molecule has 1 saturated carbocycles. The van der Waals surface area contributed by atoms with Gasteiger partial charge in [-0.25, -0.2) is 0 Å². The zero-order valence-electron chi connectivity index (χ0n) is 18.9. The number of rotatable bonds is 4. The largest absolute Gasteiger partial charge is 0.497 e. The predicted octanol–water partition coefficient (Wildman–Crippen LogP) is 7.15. The number of hydrogen-bond acceptors (Lipinski definition) is 2. The molecule has 6 rings (SSSR count). The number of benzene rings is 4. The lowest BCUT2D eigenvalue weighted by atomic mass is 9.48. The van der Waals surface area contributed by atoms with Crippen LogP contribution in [0, 0.1) is 0 Å². The molecule has 1 heterocycles. The average Bonchev–Trinajstić information content (AvgIpc) is 2.88. The maximum absolute atomic E-state index is 6.94. The van der Waals surface area contributed by atoms with Crippen LogP contribution in [0.1, 0.15) is 35.6 Å². The quantitative estimate of drug-likeness (QED) is 0.342. The van der Waals surface area contributed by atoms with Gasteiger partial charge >= 0.3 is 0 Å². The van der Waals surface area contributed by atoms with E-state index in [2.05, 4.69) is 104 Å². The highest BCUT2D eigenvalue weighted by atomic mass is 16.5. The first kappa shape index (κ1) is 19.9. The van der Waals surface area contributed by atoms with Crippen LogP contribution >= 0.6 is 0 Å². The lowest BCUT2D eigenvalue weighted by molar-refractivity contribution is -0.0214. The predicted molar refractivity (Wildman–Crippen MR) is 133 cm³/mol. The van der Waals surface area contributed by atoms with Crippen LogP contribution in [0.15, 0.2) is 115 Å². The first-order valence-corrected chi connectivity index (χ1v) is 11.4. The van der Waals surface area contributed by atoms with Crippen LogP contribution in [0.4, 0.5) is 0 Å². The molecule has 2 bridgehead atoms. The van der Waals surface area contributed by atoms with Gasteiger partial charge in [-0.2, -0.15) is 0 Å². The van der Waals surface area contributed by atoms with Gasteiger partial charge in [0.05, 0.1) is 7.11 Å². The third-order valence-corrected chi connectivity index (χ3v) is 7.26. The summed E-state index contributed by atoms with van der Waals surface area (Å²) < 4.78 is 12.4. The fraction of sp³-hybridized carbons (Fsp3) is 0.161. The molecule has 0 radical (unpaired) electrons. The number of fused-ring (bicyclic) bond motifs is 4. The van der Waals surface area contributed by atoms with E-state index in [4.69, 9.17) is 9.47 Å². The second-order valence-electron chi connectivity index (χ2n) is 9.14. The van der Waals surface area contributed by atoms with Crippen molar-refractivity contribution >= 4 is 5.57 Å². The maximum atomic E-state index is 6.94. The monoisotopic (exact) mass is 430 g/mol. The van der Waals surface area contributed by atoms with Crippen molar-refractivity contribution in [3.05, 3.63) is 137 Å². The third kappa shape index (κ3) is 2.87. The molecular formula is C31H26O2. The minimum absolute atomic E-state index is 0.115. The highest BCUT2D eigenvalue weighted by molar-refractivity contribution is 5.88. The van der Waals surface area contributed by atoms with Crippen molar-refractivity contribution in [1.82, 2.24) is 0 Å². The Morgan fingerprint density at radius 1 is 0.727 bits per heavy atom. The van der Waals surface area contributed by atoms with Crippen LogP contribution in [-0.4, -0.2) is 7.11 Å². The molecule has 2 heteroatoms. The Kier molecular flexibility index (Phi) is 4.45. The van der Waals surface area contributed by atoms with Gasteiger partial charge in [-0.1, -0.05) is 97.9 Å². The highest BCUT2D eigenvalue weighted by Gasteiger charge is 2.65. The highest BCUT2D eigenvalue weighted by Crippen LogP contribution is 2.68. The lowest BCUT2D eigenvalue weighted by Gasteiger charge is -2.62. The molecule has 1 fully saturated rings. The van der Waals surface area contributed by atoms with Crippen LogP contribution in [0.5, 0.6) is 11.5 Å². The molecule has 2 unspecified atom stereocenters. The number of para-hydroxylation sites is 1. The Morgan fingerprint density at radius 3 is 2.03 bits per heavy atom. The van der Waals surface area contributed by atoms with Gasteiger partial charge in [0.2, 0.25) is 0 Å². The summed E-state index contributed by atoms with van der Waals surface area (Å²) in [7, 11) is 1.71. The Labute approximate surface area is 195 Å². The van der Waals surface area contributed by atoms with Gasteiger partial charge in [0.1, 0.15) is 11.5 Å². The summed E-state index contributed by atoms with van der Waals surface area (Å²) in [6.07, 6.45) is 0.919. The SMILES string of the molecule is COc1ccc(/C(=C2/C3(C)CC2(c2ccccc2)Oc2ccccc23)c2ccccc2)cc1. The van der Waals surface area contributed by atoms with Crippen LogP contribution in [0.25, 0.3) is 5.57 Å². The second kappa shape index (κ2) is 7.38. The van der Waals surface area contributed by atoms with Crippen molar-refractivity contribution in [2.75, 3.05) is 7.11 Å². The Morgan fingerprint density at radius 2 is 1.33 bits per heavy atom. The van der Waals surface area contributed by atoms with Crippen molar-refractivity contribution < 1.29 is 9.47 Å². The summed E-state index contributed by atoms with van der Waals surface area (Å²) >= 11 is 0. The van der Waals surface area contributed by atoms with E-state index in [-0.39, 0.29) is 5.41 Å². The van der Waals surface area contributed by atoms with Crippen LogP contribution < -0.4 is 9.47 Å². The minimum atomic E-state index is -0.491. The molecule has 0 amide bonds. The van der Waals surface area contributed by atoms with E-state index in [0.29, 0.717) is 0 Å². The van der Waals surface area contributed by atoms with E-state index < -0.39 is 5.60 Å². The Balaban J connectivity index is 1.69. The van der Waals surface area contributed by atoms with Gasteiger partial charge in [-0.05, 0) is 46.0 Å². The minimum Gasteiger partial charge on any atom is -0.497 e. The lowest BCUT2D eigenvalue weighted by Crippen LogP contribution is -2.61. The summed E-state index contributed by atoms with van der Waals surface area (Å²) in [6, 6.07) is 38.3. The van der Waals surface area contributed by atoms with E-state index in [0.717, 1.165) is 17.9 Å². The first-order chi connectivity index (χ1) is 16.2. The van der Waals surface area contributed by atoms with Gasteiger partial charge in [0.15, 0.2) is 5.60 Å². The number of methoxy groups -OCH3 is 1. The third-order valence-electron chi connectivity index (χ3n) is 7.26. The van der Waals surface area contributed by atoms with Crippen LogP contribution in [0.3, 0.4) is 0 Å². The van der Waals surface area contributed by atoms with Crippen molar-refractivity contribution in [1.29, 1.82) is 0 Å². The molecule has 2 nitrogen and oxygen atoms in total. The van der Waals surface area contributed by atoms with Crippen molar-refractivity contribution in [3.8, 4) is 11.5 Å². The smallest absolute Gasteiger partial charge is 0.158 e. The Bertz CT molecular complexity index is 1340. The van der Waals surface area contributed by atoms with Gasteiger partial charge < -0.3 is 9.47 Å². The molecule has 0 spiro atoms. The van der Waals surface area contributed by atoms with E-state index in [1.807, 2.05) is 12.1 Å². The van der Waals surface area contributed by atoms with Crippen LogP contribution in [-0.2, 0) is 11.0 Å². The molecule has 33 heavy (non-hydrogen) atoms. The van der Waals surface area contributed by atoms with Crippen molar-refractivity contribution in [3.63, 3.8) is 0 Å². The molecular weight excluding hydrogens is 404 g/mol. The first-order valence-electron chi connectivity index (χ1n) is 11.4. The topological polar surface area (TPSA) is 18.5 Å². The molecule has 0 N–H and O–H groups in total. The van der Waals surface area contributed by atoms with Crippen molar-refractivity contribution in [2.45, 2.75) is 24.4 Å². The zero-order chi connectivity index (χ0) is 22.5. The summed E-state index contributed by atoms with van der Waals surface area (Å²) in [4.78, 5) is 0. The molecule has 2 atom stereocenters. The van der Waals surface area contributed by atoms with E-state index in [1.165, 1.54) is 33.4 Å². The zero-order valence-corrected chi connectivity index (χ0v) is 18.9. The molecule has 0 saturated heterocycles. The Hall–Kier alpha value is -3.78. The normalized spacial score (nSPS) is 24.2. The molecule has 4 aromatic rings. The van der Waals surface area contributed by atoms with E-state index in [9.17, 15) is 0 Å². The molecule has 1 aliphatic carbocycles. The van der Waals surface area contributed by atoms with Crippen molar-refractivity contribution in [2.24, 2.45) is 0 Å². The fourth-order valence-corrected chi connectivity index (χ4v) is 5.84. The summed E-state index contributed by atoms with van der Waals surface area (Å²) in [6.45, 7) is 2.37. The summed E-state index contributed by atoms with van der Waals surface area (Å²) in [5, 5.41) is 0. The molecule has 0 aromatic heterocycles. The summed E-state index contributed by atoms with van der Waals surface area (Å²) in [5.74, 6) is 1.84. The maximum Gasteiger partial charge on any atom is 0.158 e. The van der Waals surface area contributed by atoms with E-state index in [1.54, 1.807) is 7.11 Å². The molecule has 2 aliphatic rings. The number of hydrogen-bond donors (Lipinski definition) is 0. The van der Waals surface area contributed by atoms with Gasteiger partial charge in [0.25, 0.3) is 0 Å². The summed E-state index contributed by atoms with van der Waals surface area (Å²) in [5.41, 5.74) is 6.80. The van der Waals surface area contributed by atoms with Gasteiger partial charge in [-0.15, -0.1) is 0 Å². The second-order valence-corrected chi connectivity index (χ2v) is 9.14. The van der Waals surface area contributed by atoms with E-state index >= 15 is 0 Å². The average molecular weight is 431 g/mol. The fourth-order valence-electron chi connectivity index (χ4n) is 5.84. The van der Waals surface area contributed by atoms with Gasteiger partial charge in [-0.3, -0.25) is 0 Å². The van der Waals surface area contributed by atoms with Gasteiger partial charge in [0, 0.05) is 17.4 Å². The number of ether oxygens (including phenoxy) is 2. The molecule has 162 valence electrons. The standard InChI is InChI=1S/C31H26O2/c1-30-21-31(24-13-7-4-8-14-24,33-27-16-10-9-15-26(27)30)29(30)28(22-11-5-3-6-12-22)23-17-19-25(32-2)20-18-23/h3-20H,21H2,1-2H3/b29-28-.